The fraction of sp³-hybridized carbons (Fsp3) is 0.389. The predicted molar refractivity (Wildman–Crippen MR) is 85.2 cm³/mol. The van der Waals surface area contributed by atoms with E-state index < -0.39 is 5.97 Å². The molecule has 0 saturated heterocycles. The Labute approximate surface area is 130 Å². The Balaban J connectivity index is 2.33. The number of phenols is 2. The van der Waals surface area contributed by atoms with E-state index in [0.717, 1.165) is 12.8 Å². The number of aromatic hydroxyl groups is 2. The van der Waals surface area contributed by atoms with Crippen LogP contribution in [0.2, 0.25) is 0 Å². The van der Waals surface area contributed by atoms with Crippen LogP contribution < -0.4 is 0 Å². The van der Waals surface area contributed by atoms with Crippen LogP contribution >= 0.6 is 0 Å². The van der Waals surface area contributed by atoms with Crippen molar-refractivity contribution in [1.82, 2.24) is 0 Å². The van der Waals surface area contributed by atoms with Crippen LogP contribution in [-0.2, 0) is 17.6 Å². The summed E-state index contributed by atoms with van der Waals surface area (Å²) in [6.07, 6.45) is 9.74. The zero-order chi connectivity index (χ0) is 16.1. The number of fused-ring (bicyclic) bond motifs is 1. The Morgan fingerprint density at radius 3 is 2.82 bits per heavy atom. The number of carbonyl (C=O) groups is 1. The number of phenolic OH excluding ortho intramolecular Hbond substituents is 2. The van der Waals surface area contributed by atoms with E-state index in [1.807, 2.05) is 32.1 Å². The molecule has 0 bridgehead atoms. The standard InChI is InChI=1S/C18H22O4/c1-3-5-7-8-13-10-12-11-15(19)14(9-6-4-2)17(20)16(12)18(21)22-13/h3,5,7-8,11,13,19-20H,4,6,9-10H2,1-2H3/b5-3+,8-7+/t13-/m1/s1. The molecule has 118 valence electrons. The Bertz CT molecular complexity index is 614. The van der Waals surface area contributed by atoms with Crippen molar-refractivity contribution in [2.45, 2.75) is 45.6 Å². The lowest BCUT2D eigenvalue weighted by Crippen LogP contribution is -2.26. The van der Waals surface area contributed by atoms with Crippen molar-refractivity contribution >= 4 is 5.97 Å². The number of rotatable bonds is 5. The zero-order valence-corrected chi connectivity index (χ0v) is 13.0. The van der Waals surface area contributed by atoms with Gasteiger partial charge in [0.1, 0.15) is 23.2 Å². The third-order valence-corrected chi connectivity index (χ3v) is 3.76. The summed E-state index contributed by atoms with van der Waals surface area (Å²) in [7, 11) is 0. The van der Waals surface area contributed by atoms with Crippen molar-refractivity contribution in [1.29, 1.82) is 0 Å². The maximum absolute atomic E-state index is 12.2. The van der Waals surface area contributed by atoms with E-state index in [9.17, 15) is 15.0 Å². The molecule has 0 radical (unpaired) electrons. The molecule has 0 amide bonds. The van der Waals surface area contributed by atoms with Gasteiger partial charge in [-0.05, 0) is 37.5 Å². The highest BCUT2D eigenvalue weighted by Crippen LogP contribution is 2.38. The molecule has 0 unspecified atom stereocenters. The normalized spacial score (nSPS) is 17.9. The second-order valence-corrected chi connectivity index (χ2v) is 5.42. The first-order chi connectivity index (χ1) is 10.6. The summed E-state index contributed by atoms with van der Waals surface area (Å²) in [5.74, 6) is -0.619. The first kappa shape index (κ1) is 16.1. The minimum atomic E-state index is -0.536. The Morgan fingerprint density at radius 2 is 2.14 bits per heavy atom. The first-order valence-corrected chi connectivity index (χ1v) is 7.65. The molecule has 0 fully saturated rings. The minimum Gasteiger partial charge on any atom is -0.508 e. The number of esters is 1. The van der Waals surface area contributed by atoms with E-state index in [1.54, 1.807) is 12.1 Å². The van der Waals surface area contributed by atoms with E-state index in [4.69, 9.17) is 4.74 Å². The quantitative estimate of drug-likeness (QED) is 0.643. The number of hydrogen-bond acceptors (Lipinski definition) is 4. The van der Waals surface area contributed by atoms with Crippen molar-refractivity contribution in [3.8, 4) is 11.5 Å². The van der Waals surface area contributed by atoms with E-state index in [-0.39, 0.29) is 23.2 Å². The third-order valence-electron chi connectivity index (χ3n) is 3.76. The van der Waals surface area contributed by atoms with Gasteiger partial charge in [0.2, 0.25) is 0 Å². The second-order valence-electron chi connectivity index (χ2n) is 5.42. The fourth-order valence-electron chi connectivity index (χ4n) is 2.60. The van der Waals surface area contributed by atoms with E-state index >= 15 is 0 Å². The van der Waals surface area contributed by atoms with E-state index in [0.29, 0.717) is 24.0 Å². The average Bonchev–Trinajstić information content (AvgIpc) is 2.46. The van der Waals surface area contributed by atoms with Gasteiger partial charge in [-0.2, -0.15) is 0 Å². The topological polar surface area (TPSA) is 66.8 Å². The molecule has 0 aromatic heterocycles. The van der Waals surface area contributed by atoms with Gasteiger partial charge in [-0.1, -0.05) is 31.6 Å². The number of ether oxygens (including phenoxy) is 1. The monoisotopic (exact) mass is 302 g/mol. The summed E-state index contributed by atoms with van der Waals surface area (Å²) in [5.41, 5.74) is 1.25. The fourth-order valence-corrected chi connectivity index (χ4v) is 2.60. The largest absolute Gasteiger partial charge is 0.508 e. The van der Waals surface area contributed by atoms with Gasteiger partial charge >= 0.3 is 5.97 Å². The molecule has 1 aromatic carbocycles. The number of carbonyl (C=O) groups excluding carboxylic acids is 1. The van der Waals surface area contributed by atoms with Gasteiger partial charge in [0, 0.05) is 12.0 Å². The molecule has 0 saturated carbocycles. The molecule has 1 atom stereocenters. The van der Waals surface area contributed by atoms with Gasteiger partial charge in [0.15, 0.2) is 0 Å². The van der Waals surface area contributed by atoms with E-state index in [2.05, 4.69) is 0 Å². The highest BCUT2D eigenvalue weighted by atomic mass is 16.5. The molecular formula is C18H22O4. The number of unbranched alkanes of at least 4 members (excludes halogenated alkanes) is 1. The summed E-state index contributed by atoms with van der Waals surface area (Å²) in [6, 6.07) is 1.58. The molecule has 1 aliphatic heterocycles. The van der Waals surface area contributed by atoms with Crippen molar-refractivity contribution in [2.24, 2.45) is 0 Å². The molecule has 2 N–H and O–H groups in total. The van der Waals surface area contributed by atoms with Gasteiger partial charge in [0.25, 0.3) is 0 Å². The van der Waals surface area contributed by atoms with Crippen LogP contribution in [0.4, 0.5) is 0 Å². The molecule has 0 spiro atoms. The van der Waals surface area contributed by atoms with Crippen LogP contribution in [-0.4, -0.2) is 22.3 Å². The predicted octanol–water partition coefficient (Wildman–Crippen LogP) is 3.65. The van der Waals surface area contributed by atoms with Crippen LogP contribution in [0.25, 0.3) is 0 Å². The first-order valence-electron chi connectivity index (χ1n) is 7.65. The van der Waals surface area contributed by atoms with Crippen molar-refractivity contribution in [3.05, 3.63) is 47.1 Å². The number of allylic oxidation sites excluding steroid dienone is 3. The van der Waals surface area contributed by atoms with Crippen LogP contribution in [0.15, 0.2) is 30.4 Å². The highest BCUT2D eigenvalue weighted by Gasteiger charge is 2.30. The maximum Gasteiger partial charge on any atom is 0.342 e. The van der Waals surface area contributed by atoms with Gasteiger partial charge in [0.05, 0.1) is 0 Å². The molecule has 1 aliphatic rings. The minimum absolute atomic E-state index is 0.0515. The Morgan fingerprint density at radius 1 is 1.36 bits per heavy atom. The van der Waals surface area contributed by atoms with E-state index in [1.165, 1.54) is 0 Å². The van der Waals surface area contributed by atoms with Crippen molar-refractivity contribution in [3.63, 3.8) is 0 Å². The van der Waals surface area contributed by atoms with Crippen molar-refractivity contribution in [2.75, 3.05) is 0 Å². The molecule has 2 rings (SSSR count). The van der Waals surface area contributed by atoms with Gasteiger partial charge < -0.3 is 14.9 Å². The molecule has 4 heteroatoms. The zero-order valence-electron chi connectivity index (χ0n) is 13.0. The summed E-state index contributed by atoms with van der Waals surface area (Å²) in [5, 5.41) is 20.4. The molecule has 1 heterocycles. The van der Waals surface area contributed by atoms with Crippen LogP contribution in [0, 0.1) is 0 Å². The van der Waals surface area contributed by atoms with Crippen LogP contribution in [0.1, 0.15) is 48.2 Å². The number of benzene rings is 1. The lowest BCUT2D eigenvalue weighted by molar-refractivity contribution is 0.0353. The SMILES string of the molecule is C/C=C/C=C/[C@@H]1Cc2cc(O)c(CCCC)c(O)c2C(=O)O1. The smallest absolute Gasteiger partial charge is 0.342 e. The number of hydrogen-bond donors (Lipinski definition) is 2. The molecule has 1 aromatic rings. The van der Waals surface area contributed by atoms with Gasteiger partial charge in [-0.15, -0.1) is 0 Å². The summed E-state index contributed by atoms with van der Waals surface area (Å²) < 4.78 is 5.34. The third kappa shape index (κ3) is 3.32. The maximum atomic E-state index is 12.2. The average molecular weight is 302 g/mol. The molecule has 22 heavy (non-hydrogen) atoms. The highest BCUT2D eigenvalue weighted by molar-refractivity contribution is 5.96. The summed E-state index contributed by atoms with van der Waals surface area (Å²) in [6.45, 7) is 3.93. The van der Waals surface area contributed by atoms with Gasteiger partial charge in [-0.3, -0.25) is 0 Å². The van der Waals surface area contributed by atoms with Crippen molar-refractivity contribution < 1.29 is 19.7 Å². The summed E-state index contributed by atoms with van der Waals surface area (Å²) in [4.78, 5) is 12.2. The lowest BCUT2D eigenvalue weighted by atomic mass is 9.92. The Kier molecular flexibility index (Phi) is 5.26. The molecule has 4 nitrogen and oxygen atoms in total. The summed E-state index contributed by atoms with van der Waals surface area (Å²) >= 11 is 0. The van der Waals surface area contributed by atoms with Crippen LogP contribution in [0.5, 0.6) is 11.5 Å². The second kappa shape index (κ2) is 7.16. The van der Waals surface area contributed by atoms with Gasteiger partial charge in [-0.25, -0.2) is 4.79 Å². The number of cyclic esters (lactones) is 1. The van der Waals surface area contributed by atoms with Crippen LogP contribution in [0.3, 0.4) is 0 Å². The molecular weight excluding hydrogens is 280 g/mol. The lowest BCUT2D eigenvalue weighted by Gasteiger charge is -2.24. The molecule has 0 aliphatic carbocycles. The Hall–Kier alpha value is -2.23.